The molecular formula is C16H26F2IN3OS. The minimum Gasteiger partial charge on any atom is -0.435 e. The minimum atomic E-state index is -2.80. The number of benzene rings is 1. The smallest absolute Gasteiger partial charge is 0.387 e. The number of hydrogen-bond donors (Lipinski definition) is 1. The van der Waals surface area contributed by atoms with Crippen molar-refractivity contribution >= 4 is 41.7 Å². The van der Waals surface area contributed by atoms with Crippen LogP contribution < -0.4 is 10.1 Å². The fraction of sp³-hybridized carbons (Fsp3) is 0.562. The number of ether oxygens (including phenoxy) is 1. The van der Waals surface area contributed by atoms with Crippen molar-refractivity contribution in [1.29, 1.82) is 0 Å². The van der Waals surface area contributed by atoms with Crippen LogP contribution in [0.5, 0.6) is 5.75 Å². The molecule has 0 aliphatic rings. The second-order valence-electron chi connectivity index (χ2n) is 5.74. The quantitative estimate of drug-likeness (QED) is 0.368. The van der Waals surface area contributed by atoms with Crippen molar-refractivity contribution < 1.29 is 13.5 Å². The lowest BCUT2D eigenvalue weighted by atomic mass is 10.2. The maximum absolute atomic E-state index is 12.1. The maximum Gasteiger partial charge on any atom is 0.387 e. The predicted molar refractivity (Wildman–Crippen MR) is 109 cm³/mol. The Bertz CT molecular complexity index is 513. The Morgan fingerprint density at radius 3 is 2.38 bits per heavy atom. The number of thioether (sulfide) groups is 1. The SMILES string of the molecule is CN=C(NCC(C)(C)SC)N(C)Cc1ccc(OC(F)F)cc1.I. The zero-order chi connectivity index (χ0) is 17.5. The molecule has 0 fully saturated rings. The highest BCUT2D eigenvalue weighted by Crippen LogP contribution is 2.20. The molecule has 1 rings (SSSR count). The minimum absolute atomic E-state index is 0. The number of nitrogens with zero attached hydrogens (tertiary/aromatic N) is 2. The third-order valence-electron chi connectivity index (χ3n) is 3.37. The molecule has 0 aromatic heterocycles. The van der Waals surface area contributed by atoms with Gasteiger partial charge in [0.05, 0.1) is 0 Å². The van der Waals surface area contributed by atoms with Crippen LogP contribution in [0.25, 0.3) is 0 Å². The molecule has 1 aromatic rings. The van der Waals surface area contributed by atoms with Crippen LogP contribution in [-0.4, -0.2) is 49.1 Å². The molecule has 0 saturated carbocycles. The summed E-state index contributed by atoms with van der Waals surface area (Å²) >= 11 is 1.79. The van der Waals surface area contributed by atoms with Gasteiger partial charge in [-0.25, -0.2) is 0 Å². The number of halogens is 3. The fourth-order valence-corrected chi connectivity index (χ4v) is 2.09. The van der Waals surface area contributed by atoms with Crippen LogP contribution in [0, 0.1) is 0 Å². The molecule has 0 unspecified atom stereocenters. The van der Waals surface area contributed by atoms with Crippen LogP contribution >= 0.6 is 35.7 Å². The van der Waals surface area contributed by atoms with Gasteiger partial charge in [0.15, 0.2) is 5.96 Å². The number of alkyl halides is 2. The Balaban J connectivity index is 0.00000529. The molecule has 0 aliphatic carbocycles. The van der Waals surface area contributed by atoms with Gasteiger partial charge >= 0.3 is 6.61 Å². The summed E-state index contributed by atoms with van der Waals surface area (Å²) < 4.78 is 28.7. The zero-order valence-corrected chi connectivity index (χ0v) is 17.8. The van der Waals surface area contributed by atoms with Crippen molar-refractivity contribution in [3.63, 3.8) is 0 Å². The van der Waals surface area contributed by atoms with E-state index in [1.807, 2.05) is 11.9 Å². The lowest BCUT2D eigenvalue weighted by Gasteiger charge is -2.27. The van der Waals surface area contributed by atoms with Gasteiger partial charge < -0.3 is 15.0 Å². The summed E-state index contributed by atoms with van der Waals surface area (Å²) in [6.45, 7) is 2.95. The summed E-state index contributed by atoms with van der Waals surface area (Å²) in [5.74, 6) is 0.954. The molecular weight excluding hydrogens is 447 g/mol. The van der Waals surface area contributed by atoms with Crippen molar-refractivity contribution in [2.75, 3.05) is 26.9 Å². The van der Waals surface area contributed by atoms with E-state index >= 15 is 0 Å². The standard InChI is InChI=1S/C16H25F2N3OS.HI/c1-16(2,23-5)11-20-15(19-3)21(4)10-12-6-8-13(9-7-12)22-14(17)18;/h6-9,14H,10-11H2,1-5H3,(H,19,20);1H. The molecule has 0 aliphatic heterocycles. The molecule has 1 N–H and O–H groups in total. The highest BCUT2D eigenvalue weighted by Gasteiger charge is 2.17. The molecule has 0 atom stereocenters. The lowest BCUT2D eigenvalue weighted by Crippen LogP contribution is -2.43. The van der Waals surface area contributed by atoms with E-state index in [9.17, 15) is 8.78 Å². The first-order chi connectivity index (χ1) is 10.8. The monoisotopic (exact) mass is 473 g/mol. The van der Waals surface area contributed by atoms with Crippen LogP contribution in [0.2, 0.25) is 0 Å². The summed E-state index contributed by atoms with van der Waals surface area (Å²) in [4.78, 5) is 6.26. The first kappa shape index (κ1) is 23.2. The first-order valence-electron chi connectivity index (χ1n) is 7.28. The van der Waals surface area contributed by atoms with Gasteiger partial charge in [0.1, 0.15) is 5.75 Å². The summed E-state index contributed by atoms with van der Waals surface area (Å²) in [5.41, 5.74) is 0.987. The number of hydrogen-bond acceptors (Lipinski definition) is 3. The maximum atomic E-state index is 12.1. The average Bonchev–Trinajstić information content (AvgIpc) is 2.49. The number of guanidine groups is 1. The van der Waals surface area contributed by atoms with Crippen LogP contribution in [-0.2, 0) is 6.54 Å². The van der Waals surface area contributed by atoms with Gasteiger partial charge in [-0.05, 0) is 37.8 Å². The van der Waals surface area contributed by atoms with Gasteiger partial charge in [0, 0.05) is 31.9 Å². The predicted octanol–water partition coefficient (Wildman–Crippen LogP) is 4.05. The second kappa shape index (κ2) is 11.0. The van der Waals surface area contributed by atoms with E-state index < -0.39 is 6.61 Å². The van der Waals surface area contributed by atoms with Crippen molar-refractivity contribution in [2.45, 2.75) is 31.8 Å². The fourth-order valence-electron chi connectivity index (χ4n) is 1.87. The molecule has 0 spiro atoms. The van der Waals surface area contributed by atoms with Gasteiger partial charge in [-0.2, -0.15) is 20.5 Å². The number of aliphatic imine (C=N–C) groups is 1. The Morgan fingerprint density at radius 1 is 1.33 bits per heavy atom. The Kier molecular flexibility index (Phi) is 10.6. The molecule has 0 heterocycles. The molecule has 1 aromatic carbocycles. The van der Waals surface area contributed by atoms with Crippen molar-refractivity contribution in [3.05, 3.63) is 29.8 Å². The van der Waals surface area contributed by atoms with Gasteiger partial charge in [0.2, 0.25) is 0 Å². The number of rotatable bonds is 7. The second-order valence-corrected chi connectivity index (χ2v) is 7.26. The molecule has 0 amide bonds. The molecule has 138 valence electrons. The molecule has 8 heteroatoms. The van der Waals surface area contributed by atoms with Gasteiger partial charge in [-0.15, -0.1) is 24.0 Å². The molecule has 0 saturated heterocycles. The molecule has 0 bridgehead atoms. The third kappa shape index (κ3) is 8.36. The van der Waals surface area contributed by atoms with Crippen LogP contribution in [0.1, 0.15) is 19.4 Å². The summed E-state index contributed by atoms with van der Waals surface area (Å²) in [6.07, 6.45) is 2.08. The van der Waals surface area contributed by atoms with Gasteiger partial charge in [-0.1, -0.05) is 12.1 Å². The lowest BCUT2D eigenvalue weighted by molar-refractivity contribution is -0.0498. The number of nitrogens with one attached hydrogen (secondary N) is 1. The van der Waals surface area contributed by atoms with Crippen LogP contribution in [0.4, 0.5) is 8.78 Å². The van der Waals surface area contributed by atoms with Gasteiger partial charge in [0.25, 0.3) is 0 Å². The van der Waals surface area contributed by atoms with Crippen LogP contribution in [0.15, 0.2) is 29.3 Å². The Labute approximate surface area is 164 Å². The van der Waals surface area contributed by atoms with E-state index in [1.54, 1.807) is 43.1 Å². The molecule has 4 nitrogen and oxygen atoms in total. The summed E-state index contributed by atoms with van der Waals surface area (Å²) in [6, 6.07) is 6.63. The molecule has 0 radical (unpaired) electrons. The summed E-state index contributed by atoms with van der Waals surface area (Å²) in [5, 5.41) is 3.35. The van der Waals surface area contributed by atoms with Crippen molar-refractivity contribution in [1.82, 2.24) is 10.2 Å². The summed E-state index contributed by atoms with van der Waals surface area (Å²) in [7, 11) is 3.68. The van der Waals surface area contributed by atoms with E-state index in [0.717, 1.165) is 18.1 Å². The van der Waals surface area contributed by atoms with E-state index in [1.165, 1.54) is 0 Å². The van der Waals surface area contributed by atoms with Crippen molar-refractivity contribution in [2.24, 2.45) is 4.99 Å². The van der Waals surface area contributed by atoms with Crippen LogP contribution in [0.3, 0.4) is 0 Å². The Morgan fingerprint density at radius 2 is 1.92 bits per heavy atom. The Hall–Kier alpha value is -0.770. The van der Waals surface area contributed by atoms with Gasteiger partial charge in [-0.3, -0.25) is 4.99 Å². The average molecular weight is 473 g/mol. The zero-order valence-electron chi connectivity index (χ0n) is 14.7. The first-order valence-corrected chi connectivity index (χ1v) is 8.50. The topological polar surface area (TPSA) is 36.9 Å². The third-order valence-corrected chi connectivity index (χ3v) is 4.62. The van der Waals surface area contributed by atoms with E-state index in [2.05, 4.69) is 35.1 Å². The highest BCUT2D eigenvalue weighted by atomic mass is 127. The van der Waals surface area contributed by atoms with E-state index in [-0.39, 0.29) is 34.5 Å². The van der Waals surface area contributed by atoms with E-state index in [4.69, 9.17) is 0 Å². The largest absolute Gasteiger partial charge is 0.435 e. The highest BCUT2D eigenvalue weighted by molar-refractivity contribution is 14.0. The van der Waals surface area contributed by atoms with E-state index in [0.29, 0.717) is 6.54 Å². The normalized spacial score (nSPS) is 11.9. The molecule has 24 heavy (non-hydrogen) atoms. The van der Waals surface area contributed by atoms with Crippen molar-refractivity contribution in [3.8, 4) is 5.75 Å².